The summed E-state index contributed by atoms with van der Waals surface area (Å²) in [6.45, 7) is 0. The first-order valence-corrected chi connectivity index (χ1v) is 10.6. The number of carbonyl (C=O) groups is 2. The lowest BCUT2D eigenvalue weighted by Crippen LogP contribution is -2.30. The van der Waals surface area contributed by atoms with E-state index < -0.39 is 11.7 Å². The van der Waals surface area contributed by atoms with Crippen LogP contribution in [0.2, 0.25) is 0 Å². The van der Waals surface area contributed by atoms with E-state index in [4.69, 9.17) is 0 Å². The quantitative estimate of drug-likeness (QED) is 0.343. The predicted molar refractivity (Wildman–Crippen MR) is 104 cm³/mol. The van der Waals surface area contributed by atoms with Crippen LogP contribution in [0, 0.1) is 11.8 Å². The molecule has 2 rings (SSSR count). The van der Waals surface area contributed by atoms with Crippen LogP contribution in [0.25, 0.3) is 0 Å². The van der Waals surface area contributed by atoms with Gasteiger partial charge in [-0.25, -0.2) is 0 Å². The molecule has 2 aliphatic rings. The van der Waals surface area contributed by atoms with Gasteiger partial charge in [0.1, 0.15) is 5.78 Å². The van der Waals surface area contributed by atoms with E-state index in [1.807, 2.05) is 12.2 Å². The van der Waals surface area contributed by atoms with Gasteiger partial charge in [0.25, 0.3) is 0 Å². The fourth-order valence-electron chi connectivity index (χ4n) is 4.54. The Morgan fingerprint density at radius 1 is 1.19 bits per heavy atom. The fraction of sp³-hybridized carbons (Fsp3) is 0.818. The number of rotatable bonds is 10. The molecule has 0 bridgehead atoms. The summed E-state index contributed by atoms with van der Waals surface area (Å²) in [7, 11) is 1.40. The molecule has 3 atom stereocenters. The van der Waals surface area contributed by atoms with Gasteiger partial charge in [-0.2, -0.15) is 0 Å². The zero-order chi connectivity index (χ0) is 19.7. The van der Waals surface area contributed by atoms with Crippen LogP contribution in [0.5, 0.6) is 0 Å². The molecule has 0 radical (unpaired) electrons. The Balaban J connectivity index is 1.75. The molecule has 5 heteroatoms. The summed E-state index contributed by atoms with van der Waals surface area (Å²) in [6.07, 6.45) is 14.2. The molecular formula is C22H36O5. The molecule has 2 aliphatic carbocycles. The molecule has 27 heavy (non-hydrogen) atoms. The molecule has 0 unspecified atom stereocenters. The maximum Gasteiger partial charge on any atom is 0.305 e. The average molecular weight is 381 g/mol. The van der Waals surface area contributed by atoms with Gasteiger partial charge in [0.05, 0.1) is 18.8 Å². The minimum atomic E-state index is -0.600. The van der Waals surface area contributed by atoms with Crippen LogP contribution in [0.4, 0.5) is 0 Å². The molecule has 2 saturated carbocycles. The maximum atomic E-state index is 12.3. The van der Waals surface area contributed by atoms with Gasteiger partial charge >= 0.3 is 5.97 Å². The Labute approximate surface area is 163 Å². The van der Waals surface area contributed by atoms with Crippen LogP contribution in [-0.2, 0) is 14.3 Å². The summed E-state index contributed by atoms with van der Waals surface area (Å²) in [4.78, 5) is 23.4. The van der Waals surface area contributed by atoms with Crippen molar-refractivity contribution in [2.24, 2.45) is 11.8 Å². The molecule has 2 fully saturated rings. The number of aliphatic hydroxyl groups is 2. The molecule has 0 aromatic rings. The van der Waals surface area contributed by atoms with Gasteiger partial charge in [-0.1, -0.05) is 50.7 Å². The molecule has 0 heterocycles. The third-order valence-corrected chi connectivity index (χ3v) is 6.25. The van der Waals surface area contributed by atoms with Crippen LogP contribution in [0.1, 0.15) is 83.5 Å². The lowest BCUT2D eigenvalue weighted by Gasteiger charge is -2.31. The van der Waals surface area contributed by atoms with E-state index in [0.29, 0.717) is 12.8 Å². The van der Waals surface area contributed by atoms with E-state index in [1.165, 1.54) is 13.5 Å². The van der Waals surface area contributed by atoms with Crippen LogP contribution in [0.3, 0.4) is 0 Å². The number of hydrogen-bond donors (Lipinski definition) is 2. The number of ketones is 1. The molecule has 0 aromatic carbocycles. The number of hydrogen-bond acceptors (Lipinski definition) is 5. The number of aliphatic hydroxyl groups excluding tert-OH is 1. The monoisotopic (exact) mass is 380 g/mol. The summed E-state index contributed by atoms with van der Waals surface area (Å²) in [5, 5.41) is 20.9. The maximum absolute atomic E-state index is 12.3. The van der Waals surface area contributed by atoms with Crippen molar-refractivity contribution >= 4 is 11.8 Å². The van der Waals surface area contributed by atoms with Crippen molar-refractivity contribution < 1.29 is 24.5 Å². The molecule has 154 valence electrons. The zero-order valence-corrected chi connectivity index (χ0v) is 16.7. The van der Waals surface area contributed by atoms with Crippen LogP contribution in [-0.4, -0.2) is 40.8 Å². The Kier molecular flexibility index (Phi) is 8.97. The SMILES string of the molecule is COC(=O)CCCCCC[C@H]1C(=O)C[C@@H](O)[C@@H]1/C=C/CC1(O)CCCCC1. The second-order valence-electron chi connectivity index (χ2n) is 8.37. The topological polar surface area (TPSA) is 83.8 Å². The van der Waals surface area contributed by atoms with Crippen molar-refractivity contribution in [2.75, 3.05) is 7.11 Å². The lowest BCUT2D eigenvalue weighted by atomic mass is 9.81. The van der Waals surface area contributed by atoms with Crippen LogP contribution in [0.15, 0.2) is 12.2 Å². The molecular weight excluding hydrogens is 344 g/mol. The first-order chi connectivity index (χ1) is 12.9. The summed E-state index contributed by atoms with van der Waals surface area (Å²) in [5.41, 5.74) is -0.600. The summed E-state index contributed by atoms with van der Waals surface area (Å²) >= 11 is 0. The molecule has 0 aliphatic heterocycles. The molecule has 0 spiro atoms. The normalized spacial score (nSPS) is 28.0. The van der Waals surface area contributed by atoms with Crippen molar-refractivity contribution in [1.29, 1.82) is 0 Å². The number of ether oxygens (including phenoxy) is 1. The second-order valence-corrected chi connectivity index (χ2v) is 8.37. The lowest BCUT2D eigenvalue weighted by molar-refractivity contribution is -0.140. The number of unbranched alkanes of at least 4 members (excludes halogenated alkanes) is 3. The molecule has 2 N–H and O–H groups in total. The van der Waals surface area contributed by atoms with Gasteiger partial charge in [0, 0.05) is 24.7 Å². The largest absolute Gasteiger partial charge is 0.469 e. The summed E-state index contributed by atoms with van der Waals surface area (Å²) in [6, 6.07) is 0. The van der Waals surface area contributed by atoms with Crippen molar-refractivity contribution in [3.63, 3.8) is 0 Å². The number of esters is 1. The Morgan fingerprint density at radius 2 is 1.89 bits per heavy atom. The molecule has 0 saturated heterocycles. The number of Topliss-reactive ketones (excluding diaryl/α,β-unsaturated/α-hetero) is 1. The van der Waals surface area contributed by atoms with Crippen molar-refractivity contribution in [3.8, 4) is 0 Å². The third-order valence-electron chi connectivity index (χ3n) is 6.25. The highest BCUT2D eigenvalue weighted by Gasteiger charge is 2.39. The van der Waals surface area contributed by atoms with Gasteiger partial charge in [-0.15, -0.1) is 0 Å². The van der Waals surface area contributed by atoms with Gasteiger partial charge in [0.15, 0.2) is 0 Å². The smallest absolute Gasteiger partial charge is 0.305 e. The van der Waals surface area contributed by atoms with E-state index in [2.05, 4.69) is 4.74 Å². The van der Waals surface area contributed by atoms with E-state index in [1.54, 1.807) is 0 Å². The zero-order valence-electron chi connectivity index (χ0n) is 16.7. The molecule has 0 aromatic heterocycles. The van der Waals surface area contributed by atoms with Gasteiger partial charge in [-0.3, -0.25) is 9.59 Å². The molecule has 5 nitrogen and oxygen atoms in total. The first-order valence-electron chi connectivity index (χ1n) is 10.6. The Morgan fingerprint density at radius 3 is 2.59 bits per heavy atom. The molecule has 0 amide bonds. The summed E-state index contributed by atoms with van der Waals surface area (Å²) in [5.74, 6) is -0.255. The standard InChI is InChI=1S/C22H36O5/c1-27-21(25)12-6-3-2-5-10-17-18(20(24)16-19(17)23)11-9-15-22(26)13-7-4-8-14-22/h9,11,17-18,20,24,26H,2-8,10,12-16H2,1H3/b11-9+/t17-,18-,20-/m1/s1. The Hall–Kier alpha value is -1.20. The van der Waals surface area contributed by atoms with Crippen molar-refractivity contribution in [2.45, 2.75) is 95.2 Å². The highest BCUT2D eigenvalue weighted by atomic mass is 16.5. The second kappa shape index (κ2) is 11.0. The van der Waals surface area contributed by atoms with Gasteiger partial charge < -0.3 is 14.9 Å². The van der Waals surface area contributed by atoms with E-state index in [0.717, 1.165) is 57.8 Å². The Bertz CT molecular complexity index is 507. The minimum absolute atomic E-state index is 0.113. The van der Waals surface area contributed by atoms with Gasteiger partial charge in [-0.05, 0) is 32.1 Å². The van der Waals surface area contributed by atoms with Crippen molar-refractivity contribution in [1.82, 2.24) is 0 Å². The van der Waals surface area contributed by atoms with Crippen LogP contribution < -0.4 is 0 Å². The van der Waals surface area contributed by atoms with E-state index in [9.17, 15) is 19.8 Å². The highest BCUT2D eigenvalue weighted by molar-refractivity contribution is 5.84. The predicted octanol–water partition coefficient (Wildman–Crippen LogP) is 3.71. The summed E-state index contributed by atoms with van der Waals surface area (Å²) < 4.78 is 4.63. The fourth-order valence-corrected chi connectivity index (χ4v) is 4.54. The van der Waals surface area contributed by atoms with E-state index >= 15 is 0 Å². The minimum Gasteiger partial charge on any atom is -0.469 e. The first kappa shape index (κ1) is 22.1. The van der Waals surface area contributed by atoms with Crippen molar-refractivity contribution in [3.05, 3.63) is 12.2 Å². The number of methoxy groups -OCH3 is 1. The van der Waals surface area contributed by atoms with Crippen LogP contribution >= 0.6 is 0 Å². The highest BCUT2D eigenvalue weighted by Crippen LogP contribution is 2.36. The average Bonchev–Trinajstić information content (AvgIpc) is 2.91. The number of carbonyl (C=O) groups excluding carboxylic acids is 2. The third kappa shape index (κ3) is 7.04. The van der Waals surface area contributed by atoms with E-state index in [-0.39, 0.29) is 30.0 Å². The van der Waals surface area contributed by atoms with Gasteiger partial charge in [0.2, 0.25) is 0 Å².